The van der Waals surface area contributed by atoms with Gasteiger partial charge >= 0.3 is 0 Å². The number of amides is 1. The molecule has 1 saturated heterocycles. The molecule has 0 spiro atoms. The second-order valence-electron chi connectivity index (χ2n) is 7.43. The highest BCUT2D eigenvalue weighted by Gasteiger charge is 2.20. The van der Waals surface area contributed by atoms with Gasteiger partial charge in [0.25, 0.3) is 0 Å². The van der Waals surface area contributed by atoms with Gasteiger partial charge in [-0.25, -0.2) is 0 Å². The molecule has 30 heavy (non-hydrogen) atoms. The predicted octanol–water partition coefficient (Wildman–Crippen LogP) is 3.66. The van der Waals surface area contributed by atoms with Crippen molar-refractivity contribution in [3.8, 4) is 11.1 Å². The number of halogens is 1. The lowest BCUT2D eigenvalue weighted by Crippen LogP contribution is -2.37. The number of benzene rings is 2. The summed E-state index contributed by atoms with van der Waals surface area (Å²) in [5, 5.41) is 8.39. The van der Waals surface area contributed by atoms with E-state index in [4.69, 9.17) is 21.4 Å². The average molecular weight is 425 g/mol. The SMILES string of the molecule is Cc1ccc(CNC(=O)Cn2cc(-c3ccc(Cl)cc3)c(N3CCOCC3)n2)cc1. The Morgan fingerprint density at radius 2 is 1.80 bits per heavy atom. The molecule has 2 aromatic carbocycles. The number of rotatable bonds is 6. The van der Waals surface area contributed by atoms with Crippen LogP contribution in [0.15, 0.2) is 54.7 Å². The first-order valence-electron chi connectivity index (χ1n) is 10.1. The van der Waals surface area contributed by atoms with Gasteiger partial charge < -0.3 is 15.0 Å². The molecular weight excluding hydrogens is 400 g/mol. The lowest BCUT2D eigenvalue weighted by Gasteiger charge is -2.27. The van der Waals surface area contributed by atoms with Crippen LogP contribution in [0.5, 0.6) is 0 Å². The Kier molecular flexibility index (Phi) is 6.35. The highest BCUT2D eigenvalue weighted by Crippen LogP contribution is 2.31. The molecule has 7 heteroatoms. The van der Waals surface area contributed by atoms with Gasteiger partial charge in [0.2, 0.25) is 5.91 Å². The number of hydrogen-bond acceptors (Lipinski definition) is 4. The van der Waals surface area contributed by atoms with Crippen molar-refractivity contribution in [3.05, 3.63) is 70.9 Å². The van der Waals surface area contributed by atoms with E-state index in [1.54, 1.807) is 4.68 Å². The monoisotopic (exact) mass is 424 g/mol. The third kappa shape index (κ3) is 5.01. The summed E-state index contributed by atoms with van der Waals surface area (Å²) >= 11 is 6.05. The Balaban J connectivity index is 1.50. The smallest absolute Gasteiger partial charge is 0.241 e. The van der Waals surface area contributed by atoms with E-state index in [9.17, 15) is 4.79 Å². The predicted molar refractivity (Wildman–Crippen MR) is 119 cm³/mol. The van der Waals surface area contributed by atoms with Gasteiger partial charge in [-0.3, -0.25) is 9.48 Å². The van der Waals surface area contributed by atoms with E-state index in [1.807, 2.05) is 61.7 Å². The van der Waals surface area contributed by atoms with Crippen molar-refractivity contribution < 1.29 is 9.53 Å². The molecule has 4 rings (SSSR count). The van der Waals surface area contributed by atoms with E-state index >= 15 is 0 Å². The standard InChI is InChI=1S/C23H25ClN4O2/c1-17-2-4-18(5-3-17)14-25-22(29)16-28-15-21(19-6-8-20(24)9-7-19)23(26-28)27-10-12-30-13-11-27/h2-9,15H,10-14,16H2,1H3,(H,25,29). The Hall–Kier alpha value is -2.83. The number of hydrogen-bond donors (Lipinski definition) is 1. The molecule has 156 valence electrons. The zero-order valence-electron chi connectivity index (χ0n) is 17.0. The van der Waals surface area contributed by atoms with Gasteiger partial charge in [-0.1, -0.05) is 53.6 Å². The van der Waals surface area contributed by atoms with E-state index in [1.165, 1.54) is 5.56 Å². The van der Waals surface area contributed by atoms with Crippen LogP contribution >= 0.6 is 11.6 Å². The van der Waals surface area contributed by atoms with Crippen molar-refractivity contribution in [2.24, 2.45) is 0 Å². The molecule has 1 fully saturated rings. The fourth-order valence-electron chi connectivity index (χ4n) is 3.44. The zero-order chi connectivity index (χ0) is 20.9. The summed E-state index contributed by atoms with van der Waals surface area (Å²) in [5.74, 6) is 0.793. The number of ether oxygens (including phenoxy) is 1. The molecule has 1 aromatic heterocycles. The van der Waals surface area contributed by atoms with Gasteiger partial charge in [0.05, 0.1) is 13.2 Å². The second-order valence-corrected chi connectivity index (χ2v) is 7.87. The lowest BCUT2D eigenvalue weighted by molar-refractivity contribution is -0.122. The highest BCUT2D eigenvalue weighted by atomic mass is 35.5. The van der Waals surface area contributed by atoms with E-state index < -0.39 is 0 Å². The third-order valence-corrected chi connectivity index (χ3v) is 5.38. The Morgan fingerprint density at radius 3 is 2.50 bits per heavy atom. The molecule has 0 aliphatic carbocycles. The molecule has 2 heterocycles. The molecular formula is C23H25ClN4O2. The van der Waals surface area contributed by atoms with Crippen molar-refractivity contribution in [3.63, 3.8) is 0 Å². The maximum Gasteiger partial charge on any atom is 0.241 e. The van der Waals surface area contributed by atoms with Gasteiger partial charge in [0.15, 0.2) is 5.82 Å². The molecule has 6 nitrogen and oxygen atoms in total. The van der Waals surface area contributed by atoms with Crippen LogP contribution in [-0.4, -0.2) is 42.0 Å². The average Bonchev–Trinajstić information content (AvgIpc) is 3.18. The molecule has 0 bridgehead atoms. The summed E-state index contributed by atoms with van der Waals surface area (Å²) in [4.78, 5) is 14.7. The van der Waals surface area contributed by atoms with Crippen LogP contribution in [0.25, 0.3) is 11.1 Å². The summed E-state index contributed by atoms with van der Waals surface area (Å²) in [6, 6.07) is 15.8. The van der Waals surface area contributed by atoms with Crippen molar-refractivity contribution in [1.29, 1.82) is 0 Å². The maximum atomic E-state index is 12.5. The van der Waals surface area contributed by atoms with E-state index in [2.05, 4.69) is 10.2 Å². The minimum atomic E-state index is -0.0748. The summed E-state index contributed by atoms with van der Waals surface area (Å²) in [6.45, 7) is 5.60. The molecule has 1 aliphatic rings. The van der Waals surface area contributed by atoms with Crippen molar-refractivity contribution >= 4 is 23.3 Å². The first-order valence-corrected chi connectivity index (χ1v) is 10.4. The summed E-state index contributed by atoms with van der Waals surface area (Å²) in [6.07, 6.45) is 1.93. The Labute approximate surface area is 181 Å². The normalized spacial score (nSPS) is 14.0. The molecule has 0 radical (unpaired) electrons. The Bertz CT molecular complexity index is 993. The van der Waals surface area contributed by atoms with E-state index in [-0.39, 0.29) is 12.5 Å². The topological polar surface area (TPSA) is 59.4 Å². The lowest BCUT2D eigenvalue weighted by atomic mass is 10.1. The van der Waals surface area contributed by atoms with Gasteiger partial charge in [-0.05, 0) is 30.2 Å². The molecule has 1 aliphatic heterocycles. The van der Waals surface area contributed by atoms with Crippen LogP contribution in [0.3, 0.4) is 0 Å². The van der Waals surface area contributed by atoms with Gasteiger partial charge in [-0.2, -0.15) is 5.10 Å². The Morgan fingerprint density at radius 1 is 1.10 bits per heavy atom. The first kappa shape index (κ1) is 20.4. The molecule has 1 N–H and O–H groups in total. The van der Waals surface area contributed by atoms with Crippen LogP contribution in [0.1, 0.15) is 11.1 Å². The number of anilines is 1. The van der Waals surface area contributed by atoms with Gasteiger partial charge in [0, 0.05) is 36.4 Å². The van der Waals surface area contributed by atoms with Crippen LogP contribution in [0, 0.1) is 6.92 Å². The number of nitrogens with one attached hydrogen (secondary N) is 1. The number of aromatic nitrogens is 2. The van der Waals surface area contributed by atoms with Gasteiger partial charge in [0.1, 0.15) is 6.54 Å². The van der Waals surface area contributed by atoms with Crippen molar-refractivity contribution in [2.45, 2.75) is 20.0 Å². The quantitative estimate of drug-likeness (QED) is 0.656. The molecule has 3 aromatic rings. The minimum Gasteiger partial charge on any atom is -0.378 e. The van der Waals surface area contributed by atoms with Gasteiger partial charge in [-0.15, -0.1) is 0 Å². The van der Waals surface area contributed by atoms with Crippen LogP contribution in [0.2, 0.25) is 5.02 Å². The third-order valence-electron chi connectivity index (χ3n) is 5.12. The highest BCUT2D eigenvalue weighted by molar-refractivity contribution is 6.30. The largest absolute Gasteiger partial charge is 0.378 e. The number of carbonyl (C=O) groups excluding carboxylic acids is 1. The number of nitrogens with zero attached hydrogens (tertiary/aromatic N) is 3. The van der Waals surface area contributed by atoms with Crippen LogP contribution in [-0.2, 0) is 22.6 Å². The zero-order valence-corrected chi connectivity index (χ0v) is 17.7. The molecule has 1 amide bonds. The molecule has 0 atom stereocenters. The van der Waals surface area contributed by atoms with Crippen molar-refractivity contribution in [1.82, 2.24) is 15.1 Å². The van der Waals surface area contributed by atoms with E-state index in [0.29, 0.717) is 24.8 Å². The fraction of sp³-hybridized carbons (Fsp3) is 0.304. The number of aryl methyl sites for hydroxylation is 1. The fourth-order valence-corrected chi connectivity index (χ4v) is 3.57. The number of carbonyl (C=O) groups is 1. The summed E-state index contributed by atoms with van der Waals surface area (Å²) in [7, 11) is 0. The van der Waals surface area contributed by atoms with E-state index in [0.717, 1.165) is 35.6 Å². The minimum absolute atomic E-state index is 0.0748. The van der Waals surface area contributed by atoms with Crippen LogP contribution in [0.4, 0.5) is 5.82 Å². The second kappa shape index (κ2) is 9.32. The van der Waals surface area contributed by atoms with Crippen molar-refractivity contribution in [2.75, 3.05) is 31.2 Å². The number of morpholine rings is 1. The maximum absolute atomic E-state index is 12.5. The molecule has 0 saturated carbocycles. The summed E-state index contributed by atoms with van der Waals surface area (Å²) in [5.41, 5.74) is 4.28. The molecule has 0 unspecified atom stereocenters. The first-order chi connectivity index (χ1) is 14.6. The summed E-state index contributed by atoms with van der Waals surface area (Å²) < 4.78 is 7.18. The van der Waals surface area contributed by atoms with Crippen LogP contribution < -0.4 is 10.2 Å².